The summed E-state index contributed by atoms with van der Waals surface area (Å²) in [4.78, 5) is 21.8. The van der Waals surface area contributed by atoms with Crippen molar-refractivity contribution in [1.29, 1.82) is 0 Å². The van der Waals surface area contributed by atoms with Crippen LogP contribution >= 0.6 is 0 Å². The number of nitrogens with zero attached hydrogens (tertiary/aromatic N) is 1. The number of hydrogen-bond donors (Lipinski definition) is 0. The topological polar surface area (TPSA) is 78.7 Å². The lowest BCUT2D eigenvalue weighted by Gasteiger charge is -2.19. The van der Waals surface area contributed by atoms with E-state index < -0.39 is 16.6 Å². The molecule has 6 heteroatoms. The Morgan fingerprint density at radius 3 is 2.12 bits per heavy atom. The van der Waals surface area contributed by atoms with Gasteiger partial charge in [-0.3, -0.25) is 24.4 Å². The molecule has 6 nitrogen and oxygen atoms in total. The van der Waals surface area contributed by atoms with Crippen molar-refractivity contribution in [3.05, 3.63) is 46.0 Å². The van der Waals surface area contributed by atoms with Crippen molar-refractivity contribution in [2.24, 2.45) is 0 Å². The minimum absolute atomic E-state index is 0.155. The second-order valence-corrected chi connectivity index (χ2v) is 2.94. The van der Waals surface area contributed by atoms with Gasteiger partial charge in [-0.2, -0.15) is 0 Å². The summed E-state index contributed by atoms with van der Waals surface area (Å²) in [5, 5.41) is 10.8. The highest BCUT2D eigenvalue weighted by molar-refractivity contribution is 6.00. The van der Waals surface area contributed by atoms with Gasteiger partial charge in [-0.15, -0.1) is 0 Å². The van der Waals surface area contributed by atoms with Crippen molar-refractivity contribution in [3.8, 4) is 0 Å². The first-order valence-electron chi connectivity index (χ1n) is 4.43. The molecule has 0 aliphatic heterocycles. The number of hydrogen-bond acceptors (Lipinski definition) is 5. The molecule has 0 fully saturated rings. The molecular weight excluding hydrogens is 214 g/mol. The Morgan fingerprint density at radius 2 is 1.75 bits per heavy atom. The van der Waals surface area contributed by atoms with E-state index in [4.69, 9.17) is 0 Å². The van der Waals surface area contributed by atoms with E-state index in [0.29, 0.717) is 0 Å². The van der Waals surface area contributed by atoms with E-state index in [-0.39, 0.29) is 5.56 Å². The van der Waals surface area contributed by atoms with E-state index in [2.05, 4.69) is 9.47 Å². The zero-order valence-corrected chi connectivity index (χ0v) is 8.88. The Labute approximate surface area is 91.9 Å². The molecule has 0 bridgehead atoms. The van der Waals surface area contributed by atoms with E-state index in [0.717, 1.165) is 14.2 Å². The number of ether oxygens (including phenoxy) is 2. The van der Waals surface area contributed by atoms with Gasteiger partial charge in [-0.1, -0.05) is 30.3 Å². The van der Waals surface area contributed by atoms with Crippen LogP contribution in [0.1, 0.15) is 10.4 Å². The number of nitro groups is 1. The third kappa shape index (κ3) is 1.93. The van der Waals surface area contributed by atoms with Gasteiger partial charge in [-0.05, 0) is 0 Å². The molecule has 0 heterocycles. The van der Waals surface area contributed by atoms with E-state index in [1.54, 1.807) is 18.2 Å². The number of carbonyl (C=O) groups is 1. The molecule has 1 rings (SSSR count). The predicted molar refractivity (Wildman–Crippen MR) is 54.5 cm³/mol. The number of carbonyl (C=O) groups excluding carboxylic acids is 1. The van der Waals surface area contributed by atoms with Gasteiger partial charge in [0.15, 0.2) is 0 Å². The van der Waals surface area contributed by atoms with Crippen molar-refractivity contribution < 1.29 is 19.2 Å². The fourth-order valence-electron chi connectivity index (χ4n) is 1.27. The van der Waals surface area contributed by atoms with Crippen LogP contribution in [0.3, 0.4) is 0 Å². The molecule has 0 aliphatic carbocycles. The van der Waals surface area contributed by atoms with Crippen molar-refractivity contribution >= 4 is 5.78 Å². The summed E-state index contributed by atoms with van der Waals surface area (Å²) < 4.78 is 9.19. The molecule has 0 radical (unpaired) electrons. The molecule has 0 aromatic heterocycles. The number of rotatable bonds is 5. The molecule has 0 aliphatic rings. The first-order valence-corrected chi connectivity index (χ1v) is 4.43. The largest absolute Gasteiger partial charge is 0.507 e. The van der Waals surface area contributed by atoms with Crippen molar-refractivity contribution in [3.63, 3.8) is 0 Å². The maximum Gasteiger partial charge on any atom is 0.507 e. The fourth-order valence-corrected chi connectivity index (χ4v) is 1.27. The average molecular weight is 225 g/mol. The standard InChI is InChI=1S/C10H11NO5/c1-15-10(16-2,11(13)14)9(12)8-6-4-3-5-7-8/h3-7H,1-2H3. The Morgan fingerprint density at radius 1 is 1.25 bits per heavy atom. The fraction of sp³-hybridized carbons (Fsp3) is 0.300. The van der Waals surface area contributed by atoms with Crippen LogP contribution in [-0.2, 0) is 9.47 Å². The summed E-state index contributed by atoms with van der Waals surface area (Å²) in [6.45, 7) is 0. The van der Waals surface area contributed by atoms with Crippen LogP contribution < -0.4 is 0 Å². The molecule has 1 aromatic carbocycles. The van der Waals surface area contributed by atoms with Crippen LogP contribution in [0.15, 0.2) is 30.3 Å². The summed E-state index contributed by atoms with van der Waals surface area (Å²) >= 11 is 0. The lowest BCUT2D eigenvalue weighted by atomic mass is 10.1. The van der Waals surface area contributed by atoms with Crippen molar-refractivity contribution in [1.82, 2.24) is 0 Å². The molecule has 0 saturated heterocycles. The van der Waals surface area contributed by atoms with Gasteiger partial charge in [-0.25, -0.2) is 0 Å². The lowest BCUT2D eigenvalue weighted by Crippen LogP contribution is -2.50. The van der Waals surface area contributed by atoms with Crippen LogP contribution in [0.2, 0.25) is 0 Å². The van der Waals surface area contributed by atoms with E-state index in [9.17, 15) is 14.9 Å². The van der Waals surface area contributed by atoms with Crippen LogP contribution in [0.4, 0.5) is 0 Å². The third-order valence-electron chi connectivity index (χ3n) is 2.12. The molecule has 0 N–H and O–H groups in total. The molecule has 0 atom stereocenters. The maximum absolute atomic E-state index is 11.9. The molecule has 0 spiro atoms. The van der Waals surface area contributed by atoms with Crippen molar-refractivity contribution in [2.75, 3.05) is 14.2 Å². The van der Waals surface area contributed by atoms with E-state index in [1.165, 1.54) is 12.1 Å². The van der Waals surface area contributed by atoms with Crippen molar-refractivity contribution in [2.45, 2.75) is 5.91 Å². The molecule has 86 valence electrons. The third-order valence-corrected chi connectivity index (χ3v) is 2.12. The minimum atomic E-state index is -2.47. The molecule has 0 unspecified atom stereocenters. The highest BCUT2D eigenvalue weighted by Crippen LogP contribution is 2.19. The Bertz CT molecular complexity index is 385. The van der Waals surface area contributed by atoms with Gasteiger partial charge in [0.05, 0.1) is 4.92 Å². The summed E-state index contributed by atoms with van der Waals surface area (Å²) in [5.41, 5.74) is 0.155. The SMILES string of the molecule is COC(OC)(C(=O)c1ccccc1)[N+](=O)[O-]. The highest BCUT2D eigenvalue weighted by atomic mass is 16.8. The summed E-state index contributed by atoms with van der Waals surface area (Å²) in [6.07, 6.45) is 0. The summed E-state index contributed by atoms with van der Waals surface area (Å²) in [6, 6.07) is 7.81. The van der Waals surface area contributed by atoms with E-state index >= 15 is 0 Å². The number of Topliss-reactive ketones (excluding diaryl/α,β-unsaturated/α-hetero) is 1. The van der Waals surface area contributed by atoms with E-state index in [1.807, 2.05) is 0 Å². The van der Waals surface area contributed by atoms with Crippen LogP contribution in [0.5, 0.6) is 0 Å². The second kappa shape index (κ2) is 4.82. The number of benzene rings is 1. The Hall–Kier alpha value is -1.79. The van der Waals surface area contributed by atoms with Gasteiger partial charge < -0.3 is 0 Å². The Kier molecular flexibility index (Phi) is 3.70. The first kappa shape index (κ1) is 12.3. The zero-order chi connectivity index (χ0) is 12.2. The van der Waals surface area contributed by atoms with Crippen LogP contribution in [0.25, 0.3) is 0 Å². The molecular formula is C10H11NO5. The number of ketones is 1. The number of methoxy groups -OCH3 is 2. The summed E-state index contributed by atoms with van der Waals surface area (Å²) in [7, 11) is 2.10. The molecule has 0 saturated carbocycles. The molecule has 0 amide bonds. The maximum atomic E-state index is 11.9. The highest BCUT2D eigenvalue weighted by Gasteiger charge is 2.53. The second-order valence-electron chi connectivity index (χ2n) is 2.94. The minimum Gasteiger partial charge on any atom is -0.287 e. The van der Waals surface area contributed by atoms with Crippen LogP contribution in [-0.4, -0.2) is 30.8 Å². The van der Waals surface area contributed by atoms with Gasteiger partial charge in [0.1, 0.15) is 0 Å². The summed E-state index contributed by atoms with van der Waals surface area (Å²) in [5.74, 6) is -3.32. The average Bonchev–Trinajstić information content (AvgIpc) is 2.32. The van der Waals surface area contributed by atoms with Gasteiger partial charge in [0.25, 0.3) is 0 Å². The van der Waals surface area contributed by atoms with Gasteiger partial charge in [0, 0.05) is 19.8 Å². The quantitative estimate of drug-likeness (QED) is 0.324. The lowest BCUT2D eigenvalue weighted by molar-refractivity contribution is -0.662. The van der Waals surface area contributed by atoms with Crippen LogP contribution in [0, 0.1) is 10.1 Å². The molecule has 16 heavy (non-hydrogen) atoms. The zero-order valence-electron chi connectivity index (χ0n) is 8.88. The first-order chi connectivity index (χ1) is 7.58. The Balaban J connectivity index is 3.15. The van der Waals surface area contributed by atoms with Gasteiger partial charge >= 0.3 is 11.7 Å². The smallest absolute Gasteiger partial charge is 0.287 e. The van der Waals surface area contributed by atoms with Gasteiger partial charge in [0.2, 0.25) is 0 Å². The monoisotopic (exact) mass is 225 g/mol. The predicted octanol–water partition coefficient (Wildman–Crippen LogP) is 1.09. The normalized spacial score (nSPS) is 11.1. The molecule has 1 aromatic rings.